The first-order valence-corrected chi connectivity index (χ1v) is 8.89. The maximum atomic E-state index is 15.0. The van der Waals surface area contributed by atoms with Gasteiger partial charge in [-0.25, -0.2) is 0 Å². The van der Waals surface area contributed by atoms with E-state index >= 15 is 8.78 Å². The van der Waals surface area contributed by atoms with Crippen LogP contribution in [0.1, 0.15) is 54.9 Å². The predicted molar refractivity (Wildman–Crippen MR) is 89.6 cm³/mol. The summed E-state index contributed by atoms with van der Waals surface area (Å²) in [4.78, 5) is 12.2. The second-order valence-electron chi connectivity index (χ2n) is 9.01. The summed E-state index contributed by atoms with van der Waals surface area (Å²) in [6.07, 6.45) is -5.36. The first-order chi connectivity index (χ1) is 12.4. The van der Waals surface area contributed by atoms with Crippen molar-refractivity contribution in [3.8, 4) is 0 Å². The van der Waals surface area contributed by atoms with Crippen LogP contribution in [0.5, 0.6) is 0 Å². The lowest BCUT2D eigenvalue weighted by Crippen LogP contribution is -2.65. The lowest BCUT2D eigenvalue weighted by Gasteiger charge is -2.39. The minimum atomic E-state index is -5.61. The summed E-state index contributed by atoms with van der Waals surface area (Å²) in [5.41, 5.74) is -4.43. The SMILES string of the molecule is CCC(C)(C)C(=O)OC1(C)COC(OCOCC(C)(C)C)(C(F)(F)F)C1(F)F. The molecule has 1 saturated heterocycles. The van der Waals surface area contributed by atoms with Crippen LogP contribution in [0.2, 0.25) is 0 Å². The summed E-state index contributed by atoms with van der Waals surface area (Å²) in [7, 11) is 0. The van der Waals surface area contributed by atoms with E-state index in [2.05, 4.69) is 9.47 Å². The monoisotopic (exact) mass is 420 g/mol. The molecule has 1 fully saturated rings. The molecule has 0 aromatic rings. The van der Waals surface area contributed by atoms with Gasteiger partial charge >= 0.3 is 23.9 Å². The number of hydrogen-bond acceptors (Lipinski definition) is 5. The lowest BCUT2D eigenvalue weighted by atomic mass is 9.89. The Morgan fingerprint density at radius 3 is 2.07 bits per heavy atom. The fourth-order valence-corrected chi connectivity index (χ4v) is 2.30. The van der Waals surface area contributed by atoms with Crippen molar-refractivity contribution in [2.75, 3.05) is 20.0 Å². The predicted octanol–water partition coefficient (Wildman–Crippen LogP) is 4.69. The van der Waals surface area contributed by atoms with Crippen LogP contribution in [0.4, 0.5) is 22.0 Å². The van der Waals surface area contributed by atoms with Crippen LogP contribution in [0.25, 0.3) is 0 Å². The Labute approximate surface area is 161 Å². The van der Waals surface area contributed by atoms with E-state index in [0.717, 1.165) is 0 Å². The minimum Gasteiger partial charge on any atom is -0.450 e. The van der Waals surface area contributed by atoms with Gasteiger partial charge in [0.2, 0.25) is 5.60 Å². The van der Waals surface area contributed by atoms with Crippen molar-refractivity contribution >= 4 is 5.97 Å². The van der Waals surface area contributed by atoms with Crippen molar-refractivity contribution in [3.05, 3.63) is 0 Å². The summed E-state index contributed by atoms with van der Waals surface area (Å²) >= 11 is 0. The zero-order chi connectivity index (χ0) is 22.2. The van der Waals surface area contributed by atoms with E-state index in [4.69, 9.17) is 9.47 Å². The molecule has 1 aliphatic heterocycles. The number of alkyl halides is 5. The van der Waals surface area contributed by atoms with Gasteiger partial charge in [0.25, 0.3) is 0 Å². The molecular weight excluding hydrogens is 391 g/mol. The average Bonchev–Trinajstić information content (AvgIpc) is 2.70. The number of ether oxygens (including phenoxy) is 4. The van der Waals surface area contributed by atoms with Gasteiger partial charge in [-0.1, -0.05) is 27.7 Å². The molecule has 1 rings (SSSR count). The standard InChI is InChI=1S/C18H29F5O5/c1-8-14(5,6)12(24)28-15(7)10-26-17(16(15,19)20,18(21,22)23)27-11-25-9-13(2,3)4/h8-11H2,1-7H3. The Hall–Kier alpha value is -1.00. The van der Waals surface area contributed by atoms with Crippen LogP contribution in [0.15, 0.2) is 0 Å². The van der Waals surface area contributed by atoms with Gasteiger partial charge in [-0.2, -0.15) is 22.0 Å². The van der Waals surface area contributed by atoms with E-state index in [9.17, 15) is 18.0 Å². The van der Waals surface area contributed by atoms with E-state index in [1.807, 2.05) is 0 Å². The van der Waals surface area contributed by atoms with E-state index < -0.39 is 53.7 Å². The Bertz CT molecular complexity index is 570. The highest BCUT2D eigenvalue weighted by Gasteiger charge is 2.84. The number of carbonyl (C=O) groups excluding carboxylic acids is 1. The molecule has 5 nitrogen and oxygen atoms in total. The highest BCUT2D eigenvalue weighted by molar-refractivity contribution is 5.76. The third-order valence-corrected chi connectivity index (χ3v) is 4.64. The summed E-state index contributed by atoms with van der Waals surface area (Å²) in [6.45, 7) is 8.18. The zero-order valence-electron chi connectivity index (χ0n) is 17.3. The molecule has 1 aliphatic rings. The maximum absolute atomic E-state index is 15.0. The molecule has 0 amide bonds. The summed E-state index contributed by atoms with van der Waals surface area (Å²) in [5.74, 6) is -10.1. The molecule has 0 N–H and O–H groups in total. The van der Waals surface area contributed by atoms with Crippen LogP contribution in [-0.4, -0.2) is 49.5 Å². The lowest BCUT2D eigenvalue weighted by molar-refractivity contribution is -0.435. The van der Waals surface area contributed by atoms with Gasteiger partial charge in [0.1, 0.15) is 0 Å². The fourth-order valence-electron chi connectivity index (χ4n) is 2.30. The molecule has 0 spiro atoms. The maximum Gasteiger partial charge on any atom is 0.450 e. The average molecular weight is 420 g/mol. The van der Waals surface area contributed by atoms with Gasteiger partial charge in [0.05, 0.1) is 18.6 Å². The molecule has 28 heavy (non-hydrogen) atoms. The van der Waals surface area contributed by atoms with Gasteiger partial charge in [-0.15, -0.1) is 0 Å². The van der Waals surface area contributed by atoms with Gasteiger partial charge < -0.3 is 18.9 Å². The third-order valence-electron chi connectivity index (χ3n) is 4.64. The van der Waals surface area contributed by atoms with Gasteiger partial charge in [-0.05, 0) is 32.6 Å². The van der Waals surface area contributed by atoms with E-state index in [1.54, 1.807) is 27.7 Å². The molecular formula is C18H29F5O5. The van der Waals surface area contributed by atoms with Crippen LogP contribution in [0, 0.1) is 10.8 Å². The number of halogens is 5. The summed E-state index contributed by atoms with van der Waals surface area (Å²) in [5, 5.41) is 0. The first-order valence-electron chi connectivity index (χ1n) is 8.89. The molecule has 0 aromatic heterocycles. The minimum absolute atomic E-state index is 0.0244. The number of esters is 1. The smallest absolute Gasteiger partial charge is 0.450 e. The largest absolute Gasteiger partial charge is 0.450 e. The molecule has 0 aliphatic carbocycles. The zero-order valence-corrected chi connectivity index (χ0v) is 17.3. The van der Waals surface area contributed by atoms with Crippen LogP contribution >= 0.6 is 0 Å². The van der Waals surface area contributed by atoms with Gasteiger partial charge in [0, 0.05) is 0 Å². The number of rotatable bonds is 7. The number of hydrogen-bond donors (Lipinski definition) is 0. The van der Waals surface area contributed by atoms with Crippen molar-refractivity contribution < 1.29 is 45.7 Å². The molecule has 2 unspecified atom stereocenters. The second kappa shape index (κ2) is 7.68. The molecule has 1 heterocycles. The van der Waals surface area contributed by atoms with Crippen LogP contribution in [-0.2, 0) is 23.7 Å². The second-order valence-corrected chi connectivity index (χ2v) is 9.01. The molecule has 0 saturated carbocycles. The van der Waals surface area contributed by atoms with Gasteiger partial charge in [0.15, 0.2) is 6.79 Å². The highest BCUT2D eigenvalue weighted by atomic mass is 19.4. The normalized spacial score (nSPS) is 28.4. The van der Waals surface area contributed by atoms with E-state index in [1.165, 1.54) is 13.8 Å². The van der Waals surface area contributed by atoms with Crippen molar-refractivity contribution in [1.29, 1.82) is 0 Å². The Kier molecular flexibility index (Phi) is 6.87. The van der Waals surface area contributed by atoms with Crippen molar-refractivity contribution in [2.24, 2.45) is 10.8 Å². The molecule has 166 valence electrons. The Balaban J connectivity index is 3.12. The van der Waals surface area contributed by atoms with Crippen molar-refractivity contribution in [3.63, 3.8) is 0 Å². The third kappa shape index (κ3) is 4.59. The highest BCUT2D eigenvalue weighted by Crippen LogP contribution is 2.56. The quantitative estimate of drug-likeness (QED) is 0.259. The van der Waals surface area contributed by atoms with Crippen LogP contribution in [0.3, 0.4) is 0 Å². The Morgan fingerprint density at radius 1 is 1.11 bits per heavy atom. The molecule has 0 radical (unpaired) electrons. The molecule has 0 aromatic carbocycles. The fraction of sp³-hybridized carbons (Fsp3) is 0.944. The van der Waals surface area contributed by atoms with Crippen molar-refractivity contribution in [2.45, 2.75) is 78.4 Å². The number of carbonyl (C=O) groups is 1. The molecule has 0 bridgehead atoms. The topological polar surface area (TPSA) is 54.0 Å². The first kappa shape index (κ1) is 25.0. The summed E-state index contributed by atoms with van der Waals surface area (Å²) in [6, 6.07) is 0. The van der Waals surface area contributed by atoms with Gasteiger partial charge in [-0.3, -0.25) is 4.79 Å². The molecule has 2 atom stereocenters. The Morgan fingerprint density at radius 2 is 1.64 bits per heavy atom. The molecule has 10 heteroatoms. The van der Waals surface area contributed by atoms with E-state index in [-0.39, 0.29) is 13.0 Å². The van der Waals surface area contributed by atoms with Crippen LogP contribution < -0.4 is 0 Å². The van der Waals surface area contributed by atoms with E-state index in [0.29, 0.717) is 6.92 Å². The van der Waals surface area contributed by atoms with Crippen molar-refractivity contribution in [1.82, 2.24) is 0 Å². The summed E-state index contributed by atoms with van der Waals surface area (Å²) < 4.78 is 89.6.